The average molecular weight is 167 g/mol. The molecule has 0 bridgehead atoms. The van der Waals surface area contributed by atoms with Gasteiger partial charge in [-0.25, -0.2) is 5.48 Å². The third-order valence-electron chi connectivity index (χ3n) is 1.34. The highest BCUT2D eigenvalue weighted by Crippen LogP contribution is 2.00. The van der Waals surface area contributed by atoms with Crippen LogP contribution in [0.15, 0.2) is 0 Å². The molecule has 1 amide bonds. The summed E-state index contributed by atoms with van der Waals surface area (Å²) in [5.41, 5.74) is 2.25. The molecule has 1 aliphatic rings. The Morgan fingerprint density at radius 1 is 1.80 bits per heavy atom. The van der Waals surface area contributed by atoms with E-state index in [-0.39, 0.29) is 24.4 Å². The molecule has 1 aliphatic heterocycles. The maximum absolute atomic E-state index is 10.7. The number of amides is 1. The van der Waals surface area contributed by atoms with Crippen molar-refractivity contribution in [1.29, 1.82) is 0 Å². The first-order valence-corrected chi connectivity index (χ1v) is 2.91. The molecule has 0 radical (unpaired) electrons. The molecule has 0 spiro atoms. The third-order valence-corrected chi connectivity index (χ3v) is 1.34. The summed E-state index contributed by atoms with van der Waals surface area (Å²) in [5, 5.41) is 2.94. The number of hydrogen-bond acceptors (Lipinski definition) is 3. The van der Waals surface area contributed by atoms with Crippen molar-refractivity contribution < 1.29 is 9.63 Å². The Hall–Kier alpha value is -0.320. The van der Waals surface area contributed by atoms with E-state index in [9.17, 15) is 4.79 Å². The lowest BCUT2D eigenvalue weighted by molar-refractivity contribution is -0.135. The topological polar surface area (TPSA) is 50.4 Å². The molecule has 0 saturated carbocycles. The van der Waals surface area contributed by atoms with Crippen LogP contribution in [0.25, 0.3) is 0 Å². The van der Waals surface area contributed by atoms with Crippen molar-refractivity contribution >= 4 is 18.3 Å². The first-order chi connectivity index (χ1) is 4.34. The van der Waals surface area contributed by atoms with Gasteiger partial charge >= 0.3 is 0 Å². The summed E-state index contributed by atoms with van der Waals surface area (Å²) in [5.74, 6) is -0.0799. The first-order valence-electron chi connectivity index (χ1n) is 2.91. The Morgan fingerprint density at radius 2 is 2.40 bits per heavy atom. The van der Waals surface area contributed by atoms with E-state index in [1.54, 1.807) is 0 Å². The van der Waals surface area contributed by atoms with Crippen LogP contribution in [0.3, 0.4) is 0 Å². The van der Waals surface area contributed by atoms with E-state index in [0.29, 0.717) is 0 Å². The lowest BCUT2D eigenvalue weighted by Crippen LogP contribution is -2.52. The van der Waals surface area contributed by atoms with Crippen molar-refractivity contribution in [3.8, 4) is 0 Å². The van der Waals surface area contributed by atoms with Gasteiger partial charge < -0.3 is 5.32 Å². The van der Waals surface area contributed by atoms with Gasteiger partial charge in [-0.3, -0.25) is 9.63 Å². The van der Waals surface area contributed by atoms with Crippen LogP contribution in [0.4, 0.5) is 0 Å². The second kappa shape index (κ2) is 4.49. The number of carbonyl (C=O) groups excluding carboxylic acids is 1. The molecule has 10 heavy (non-hydrogen) atoms. The highest BCUT2D eigenvalue weighted by molar-refractivity contribution is 5.85. The molecule has 1 fully saturated rings. The number of rotatable bonds is 2. The van der Waals surface area contributed by atoms with Crippen molar-refractivity contribution in [3.63, 3.8) is 0 Å². The highest BCUT2D eigenvalue weighted by atomic mass is 35.5. The van der Waals surface area contributed by atoms with Crippen LogP contribution in [0.5, 0.6) is 0 Å². The van der Waals surface area contributed by atoms with Crippen LogP contribution in [0.2, 0.25) is 0 Å². The third kappa shape index (κ3) is 2.13. The van der Waals surface area contributed by atoms with E-state index in [0.717, 1.165) is 13.0 Å². The van der Waals surface area contributed by atoms with E-state index in [1.165, 1.54) is 7.11 Å². The van der Waals surface area contributed by atoms with Gasteiger partial charge in [0.15, 0.2) is 0 Å². The molecule has 0 aliphatic carbocycles. The Balaban J connectivity index is 0.000000810. The first kappa shape index (κ1) is 9.68. The van der Waals surface area contributed by atoms with Gasteiger partial charge in [0.25, 0.3) is 5.91 Å². The molecule has 0 aromatic rings. The standard InChI is InChI=1S/C5H10N2O2.ClH/c1-9-7-5(8)4-2-3-6-4;/h4,6H,2-3H2,1H3,(H,7,8);1H/t4-;/m1./s1. The van der Waals surface area contributed by atoms with E-state index < -0.39 is 0 Å². The largest absolute Gasteiger partial charge is 0.306 e. The van der Waals surface area contributed by atoms with Gasteiger partial charge in [-0.15, -0.1) is 12.4 Å². The molecule has 1 atom stereocenters. The molecule has 5 heteroatoms. The molecule has 1 rings (SSSR count). The van der Waals surface area contributed by atoms with Crippen molar-refractivity contribution in [1.82, 2.24) is 10.8 Å². The molecule has 0 aromatic carbocycles. The van der Waals surface area contributed by atoms with Crippen LogP contribution in [0, 0.1) is 0 Å². The van der Waals surface area contributed by atoms with Crippen LogP contribution < -0.4 is 10.8 Å². The summed E-state index contributed by atoms with van der Waals surface area (Å²) in [4.78, 5) is 15.1. The quantitative estimate of drug-likeness (QED) is 0.542. The summed E-state index contributed by atoms with van der Waals surface area (Å²) in [6.07, 6.45) is 0.912. The van der Waals surface area contributed by atoms with Gasteiger partial charge in [0.05, 0.1) is 13.2 Å². The summed E-state index contributed by atoms with van der Waals surface area (Å²) < 4.78 is 0. The Labute approximate surface area is 65.7 Å². The van der Waals surface area contributed by atoms with Crippen LogP contribution in [-0.4, -0.2) is 25.6 Å². The Kier molecular flexibility index (Phi) is 4.34. The average Bonchev–Trinajstić information content (AvgIpc) is 1.60. The maximum Gasteiger partial charge on any atom is 0.260 e. The zero-order valence-corrected chi connectivity index (χ0v) is 6.53. The number of halogens is 1. The Bertz CT molecular complexity index is 116. The fourth-order valence-electron chi connectivity index (χ4n) is 0.684. The predicted octanol–water partition coefficient (Wildman–Crippen LogP) is -0.552. The van der Waals surface area contributed by atoms with Gasteiger partial charge in [0.1, 0.15) is 0 Å². The predicted molar refractivity (Wildman–Crippen MR) is 38.8 cm³/mol. The number of nitrogens with one attached hydrogen (secondary N) is 2. The fourth-order valence-corrected chi connectivity index (χ4v) is 0.684. The smallest absolute Gasteiger partial charge is 0.260 e. The highest BCUT2D eigenvalue weighted by Gasteiger charge is 2.23. The van der Waals surface area contributed by atoms with Crippen molar-refractivity contribution in [2.75, 3.05) is 13.7 Å². The molecule has 0 aromatic heterocycles. The zero-order valence-electron chi connectivity index (χ0n) is 5.72. The molecule has 1 saturated heterocycles. The van der Waals surface area contributed by atoms with Gasteiger partial charge in [-0.1, -0.05) is 0 Å². The van der Waals surface area contributed by atoms with Crippen LogP contribution in [-0.2, 0) is 9.63 Å². The van der Waals surface area contributed by atoms with Crippen molar-refractivity contribution in [3.05, 3.63) is 0 Å². The van der Waals surface area contributed by atoms with Crippen molar-refractivity contribution in [2.45, 2.75) is 12.5 Å². The fraction of sp³-hybridized carbons (Fsp3) is 0.800. The van der Waals surface area contributed by atoms with E-state index >= 15 is 0 Å². The SMILES string of the molecule is CONC(=O)[C@H]1CCN1.Cl. The van der Waals surface area contributed by atoms with E-state index in [2.05, 4.69) is 15.6 Å². The zero-order chi connectivity index (χ0) is 6.69. The summed E-state index contributed by atoms with van der Waals surface area (Å²) in [6.45, 7) is 0.932. The molecule has 2 N–H and O–H groups in total. The molecule has 60 valence electrons. The monoisotopic (exact) mass is 166 g/mol. The minimum Gasteiger partial charge on any atom is -0.306 e. The lowest BCUT2D eigenvalue weighted by atomic mass is 10.1. The van der Waals surface area contributed by atoms with Crippen molar-refractivity contribution in [2.24, 2.45) is 0 Å². The van der Waals surface area contributed by atoms with Crippen LogP contribution >= 0.6 is 12.4 Å². The second-order valence-corrected chi connectivity index (χ2v) is 1.97. The Morgan fingerprint density at radius 3 is 2.70 bits per heavy atom. The van der Waals surface area contributed by atoms with Gasteiger partial charge in [-0.2, -0.15) is 0 Å². The van der Waals surface area contributed by atoms with Gasteiger partial charge in [0.2, 0.25) is 0 Å². The molecule has 4 nitrogen and oxygen atoms in total. The summed E-state index contributed by atoms with van der Waals surface area (Å²) in [7, 11) is 1.43. The van der Waals surface area contributed by atoms with Gasteiger partial charge in [0, 0.05) is 0 Å². The van der Waals surface area contributed by atoms with E-state index in [4.69, 9.17) is 0 Å². The molecule has 0 unspecified atom stereocenters. The van der Waals surface area contributed by atoms with E-state index in [1.807, 2.05) is 0 Å². The normalized spacial score (nSPS) is 22.3. The van der Waals surface area contributed by atoms with Gasteiger partial charge in [-0.05, 0) is 13.0 Å². The number of hydrogen-bond donors (Lipinski definition) is 2. The van der Waals surface area contributed by atoms with Crippen LogP contribution in [0.1, 0.15) is 6.42 Å². The second-order valence-electron chi connectivity index (χ2n) is 1.97. The lowest BCUT2D eigenvalue weighted by Gasteiger charge is -2.25. The maximum atomic E-state index is 10.7. The molecular weight excluding hydrogens is 156 g/mol. The summed E-state index contributed by atoms with van der Waals surface area (Å²) in [6, 6.07) is -0.0232. The molecular formula is C5H11ClN2O2. The summed E-state index contributed by atoms with van der Waals surface area (Å²) >= 11 is 0. The minimum atomic E-state index is -0.0799. The minimum absolute atomic E-state index is 0. The molecule has 1 heterocycles. The number of carbonyl (C=O) groups is 1. The number of hydroxylamine groups is 1.